The molecule has 32 heavy (non-hydrogen) atoms. The predicted molar refractivity (Wildman–Crippen MR) is 111 cm³/mol. The van der Waals surface area contributed by atoms with Gasteiger partial charge in [0.25, 0.3) is 0 Å². The number of nitrogens with zero attached hydrogens (tertiary/aromatic N) is 2. The highest BCUT2D eigenvalue weighted by molar-refractivity contribution is 6.32. The molecule has 1 saturated carbocycles. The number of esters is 1. The fraction of sp³-hybridized carbons (Fsp3) is 0.500. The Labute approximate surface area is 189 Å². The molecule has 2 aromatic rings. The maximum Gasteiger partial charge on any atom is 0.357 e. The lowest BCUT2D eigenvalue weighted by molar-refractivity contribution is -0.218. The van der Waals surface area contributed by atoms with Crippen molar-refractivity contribution in [3.8, 4) is 17.0 Å². The van der Waals surface area contributed by atoms with E-state index < -0.39 is 36.4 Å². The smallest absolute Gasteiger partial charge is 0.357 e. The van der Waals surface area contributed by atoms with Crippen molar-refractivity contribution < 1.29 is 33.6 Å². The van der Waals surface area contributed by atoms with E-state index in [4.69, 9.17) is 35.3 Å². The molecule has 1 aromatic heterocycles. The van der Waals surface area contributed by atoms with Crippen molar-refractivity contribution in [2.45, 2.75) is 63.2 Å². The van der Waals surface area contributed by atoms with Gasteiger partial charge in [-0.3, -0.25) is 0 Å². The van der Waals surface area contributed by atoms with E-state index >= 15 is 0 Å². The number of carbonyl (C=O) groups is 1. The van der Waals surface area contributed by atoms with Crippen LogP contribution in [-0.2, 0) is 18.9 Å². The number of aliphatic hydroxyl groups is 1. The van der Waals surface area contributed by atoms with Crippen molar-refractivity contribution in [2.75, 3.05) is 6.61 Å². The summed E-state index contributed by atoms with van der Waals surface area (Å²) in [5, 5.41) is 10.9. The molecule has 2 aliphatic heterocycles. The van der Waals surface area contributed by atoms with Crippen LogP contribution in [0.4, 0.5) is 0 Å². The van der Waals surface area contributed by atoms with Crippen LogP contribution in [0, 0.1) is 0 Å². The maximum absolute atomic E-state index is 12.5. The Hall–Kier alpha value is -2.30. The van der Waals surface area contributed by atoms with Gasteiger partial charge in [0.15, 0.2) is 17.8 Å². The van der Waals surface area contributed by atoms with E-state index in [2.05, 4.69) is 9.97 Å². The normalized spacial score (nSPS) is 28.4. The van der Waals surface area contributed by atoms with Crippen LogP contribution in [-0.4, -0.2) is 64.1 Å². The molecule has 0 spiro atoms. The van der Waals surface area contributed by atoms with Crippen LogP contribution in [0.25, 0.3) is 11.3 Å². The largest absolute Gasteiger partial charge is 0.489 e. The Morgan fingerprint density at radius 3 is 2.78 bits per heavy atom. The first-order valence-electron chi connectivity index (χ1n) is 10.4. The predicted octanol–water partition coefficient (Wildman–Crippen LogP) is 2.73. The highest BCUT2D eigenvalue weighted by Gasteiger charge is 2.54. The van der Waals surface area contributed by atoms with E-state index in [1.54, 1.807) is 26.0 Å². The number of carbonyl (C=O) groups excluding carboxylic acids is 1. The van der Waals surface area contributed by atoms with Gasteiger partial charge >= 0.3 is 5.97 Å². The van der Waals surface area contributed by atoms with Crippen LogP contribution in [0.2, 0.25) is 5.02 Å². The summed E-state index contributed by atoms with van der Waals surface area (Å²) in [6, 6.07) is 6.87. The second-order valence-electron chi connectivity index (χ2n) is 8.48. The minimum Gasteiger partial charge on any atom is -0.489 e. The third kappa shape index (κ3) is 4.44. The van der Waals surface area contributed by atoms with Crippen LogP contribution in [0.1, 0.15) is 37.2 Å². The van der Waals surface area contributed by atoms with E-state index in [1.165, 1.54) is 12.4 Å². The molecule has 1 aliphatic carbocycles. The molecule has 3 aliphatic rings. The Morgan fingerprint density at radius 1 is 1.25 bits per heavy atom. The van der Waals surface area contributed by atoms with Gasteiger partial charge in [-0.15, -0.1) is 0 Å². The minimum absolute atomic E-state index is 0.0748. The van der Waals surface area contributed by atoms with Gasteiger partial charge in [-0.2, -0.15) is 0 Å². The summed E-state index contributed by atoms with van der Waals surface area (Å²) < 4.78 is 27.9. The zero-order chi connectivity index (χ0) is 22.5. The number of halogens is 1. The molecule has 4 unspecified atom stereocenters. The van der Waals surface area contributed by atoms with E-state index in [0.29, 0.717) is 22.0 Å². The highest BCUT2D eigenvalue weighted by atomic mass is 35.5. The second kappa shape index (κ2) is 8.24. The Balaban J connectivity index is 1.22. The van der Waals surface area contributed by atoms with E-state index in [9.17, 15) is 9.90 Å². The number of hydrogen-bond donors (Lipinski definition) is 1. The number of rotatable bonds is 6. The minimum atomic E-state index is -0.978. The molecule has 0 bridgehead atoms. The van der Waals surface area contributed by atoms with Crippen LogP contribution in [0.15, 0.2) is 30.6 Å². The number of hydrogen-bond acceptors (Lipinski definition) is 9. The second-order valence-corrected chi connectivity index (χ2v) is 8.89. The van der Waals surface area contributed by atoms with Crippen LogP contribution >= 0.6 is 11.6 Å². The fourth-order valence-corrected chi connectivity index (χ4v) is 3.90. The molecule has 5 rings (SSSR count). The molecule has 3 heterocycles. The average molecular weight is 463 g/mol. The summed E-state index contributed by atoms with van der Waals surface area (Å²) in [6.07, 6.45) is 0.532. The Morgan fingerprint density at radius 2 is 2.06 bits per heavy atom. The van der Waals surface area contributed by atoms with Gasteiger partial charge in [-0.05, 0) is 51.0 Å². The molecule has 10 heteroatoms. The first kappa shape index (κ1) is 21.5. The summed E-state index contributed by atoms with van der Waals surface area (Å²) in [4.78, 5) is 20.8. The van der Waals surface area contributed by atoms with E-state index in [1.807, 2.05) is 6.07 Å². The fourth-order valence-electron chi connectivity index (χ4n) is 3.68. The molecule has 1 aromatic carbocycles. The van der Waals surface area contributed by atoms with Crippen molar-refractivity contribution in [1.82, 2.24) is 9.97 Å². The van der Waals surface area contributed by atoms with Crippen molar-refractivity contribution >= 4 is 17.6 Å². The van der Waals surface area contributed by atoms with Gasteiger partial charge in [0.2, 0.25) is 0 Å². The molecule has 2 saturated heterocycles. The van der Waals surface area contributed by atoms with Gasteiger partial charge in [0.05, 0.1) is 16.8 Å². The third-order valence-electron chi connectivity index (χ3n) is 5.42. The van der Waals surface area contributed by atoms with Crippen molar-refractivity contribution in [2.24, 2.45) is 0 Å². The van der Waals surface area contributed by atoms with Crippen molar-refractivity contribution in [1.29, 1.82) is 0 Å². The lowest BCUT2D eigenvalue weighted by Crippen LogP contribution is -2.37. The summed E-state index contributed by atoms with van der Waals surface area (Å²) in [7, 11) is 0. The Kier molecular flexibility index (Phi) is 5.55. The average Bonchev–Trinajstić information content (AvgIpc) is 3.47. The van der Waals surface area contributed by atoms with E-state index in [-0.39, 0.29) is 18.4 Å². The quantitative estimate of drug-likeness (QED) is 0.648. The molecule has 170 valence electrons. The summed E-state index contributed by atoms with van der Waals surface area (Å²) in [5.41, 5.74) is 1.31. The highest BCUT2D eigenvalue weighted by Crippen LogP contribution is 2.37. The molecular weight excluding hydrogens is 440 g/mol. The molecule has 9 nitrogen and oxygen atoms in total. The third-order valence-corrected chi connectivity index (χ3v) is 5.71. The molecule has 1 N–H and O–H groups in total. The monoisotopic (exact) mass is 462 g/mol. The SMILES string of the molecule is CC1(C)OC2OC(COC(=O)c3cc(-c4ccc(OC5CC5)c(Cl)c4)ncn3)C(O)C2O1. The zero-order valence-electron chi connectivity index (χ0n) is 17.6. The van der Waals surface area contributed by atoms with Crippen LogP contribution in [0.3, 0.4) is 0 Å². The summed E-state index contributed by atoms with van der Waals surface area (Å²) >= 11 is 6.33. The number of benzene rings is 1. The molecule has 0 radical (unpaired) electrons. The van der Waals surface area contributed by atoms with Crippen LogP contribution < -0.4 is 4.74 Å². The Bertz CT molecular complexity index is 1030. The number of ether oxygens (including phenoxy) is 5. The summed E-state index contributed by atoms with van der Waals surface area (Å²) in [6.45, 7) is 3.31. The molecule has 3 fully saturated rings. The zero-order valence-corrected chi connectivity index (χ0v) is 18.3. The standard InChI is InChI=1S/C22H23ClN2O7/c1-22(2)31-19-18(26)17(30-21(19)32-22)9-28-20(27)15-8-14(24-10-25-15)11-3-6-16(13(23)7-11)29-12-4-5-12/h3,6-8,10,12,17-19,21,26H,4-5,9H2,1-2H3. The summed E-state index contributed by atoms with van der Waals surface area (Å²) in [5.74, 6) is -0.869. The first-order chi connectivity index (χ1) is 15.3. The lowest BCUT2D eigenvalue weighted by atomic mass is 10.1. The lowest BCUT2D eigenvalue weighted by Gasteiger charge is -2.22. The van der Waals surface area contributed by atoms with Crippen LogP contribution in [0.5, 0.6) is 5.75 Å². The van der Waals surface area contributed by atoms with Gasteiger partial charge in [-0.1, -0.05) is 11.6 Å². The maximum atomic E-state index is 12.5. The van der Waals surface area contributed by atoms with Gasteiger partial charge < -0.3 is 28.8 Å². The van der Waals surface area contributed by atoms with Gasteiger partial charge in [-0.25, -0.2) is 14.8 Å². The molecule has 0 amide bonds. The number of aliphatic hydroxyl groups excluding tert-OH is 1. The topological polar surface area (TPSA) is 109 Å². The van der Waals surface area contributed by atoms with E-state index in [0.717, 1.165) is 12.8 Å². The van der Waals surface area contributed by atoms with Gasteiger partial charge in [0, 0.05) is 5.56 Å². The number of aromatic nitrogens is 2. The van der Waals surface area contributed by atoms with Crippen molar-refractivity contribution in [3.63, 3.8) is 0 Å². The molecular formula is C22H23ClN2O7. The van der Waals surface area contributed by atoms with Gasteiger partial charge in [0.1, 0.15) is 37.0 Å². The molecule has 4 atom stereocenters. The first-order valence-corrected chi connectivity index (χ1v) is 10.8. The number of fused-ring (bicyclic) bond motifs is 1. The van der Waals surface area contributed by atoms with Crippen molar-refractivity contribution in [3.05, 3.63) is 41.3 Å².